The lowest BCUT2D eigenvalue weighted by Gasteiger charge is -2.17. The molecule has 3 aromatic carbocycles. The number of para-hydroxylation sites is 1. The number of hydrogen-bond donors (Lipinski definition) is 1. The zero-order valence-corrected chi connectivity index (χ0v) is 15.5. The molecular formula is C23H19FN2O3. The van der Waals surface area contributed by atoms with Crippen LogP contribution in [0.3, 0.4) is 0 Å². The lowest BCUT2D eigenvalue weighted by molar-refractivity contribution is -0.122. The van der Waals surface area contributed by atoms with Crippen LogP contribution in [0.25, 0.3) is 0 Å². The molecule has 0 spiro atoms. The fraction of sp³-hybridized carbons (Fsp3) is 0.130. The molecule has 1 aliphatic heterocycles. The molecule has 4 rings (SSSR count). The Morgan fingerprint density at radius 3 is 2.41 bits per heavy atom. The van der Waals surface area contributed by atoms with Crippen molar-refractivity contribution in [2.75, 3.05) is 16.8 Å². The van der Waals surface area contributed by atoms with Crippen LogP contribution in [0.4, 0.5) is 15.8 Å². The second-order valence-corrected chi connectivity index (χ2v) is 6.81. The van der Waals surface area contributed by atoms with Crippen LogP contribution in [0.15, 0.2) is 78.9 Å². The molecule has 0 radical (unpaired) electrons. The molecule has 5 nitrogen and oxygen atoms in total. The number of amides is 2. The average Bonchev–Trinajstić information content (AvgIpc) is 3.11. The number of anilines is 2. The standard InChI is InChI=1S/C23H19FN2O3/c24-17-5-4-6-18(14-17)25-23(28)16-13-22(27)26(15-16)19-9-11-21(12-10-19)29-20-7-2-1-3-8-20/h1-12,14,16H,13,15H2,(H,25,28). The van der Waals surface area contributed by atoms with E-state index in [1.165, 1.54) is 18.2 Å². The van der Waals surface area contributed by atoms with Crippen molar-refractivity contribution in [2.45, 2.75) is 6.42 Å². The molecule has 1 saturated heterocycles. The van der Waals surface area contributed by atoms with Crippen molar-refractivity contribution < 1.29 is 18.7 Å². The normalized spacial score (nSPS) is 16.0. The molecule has 1 heterocycles. The first-order valence-corrected chi connectivity index (χ1v) is 9.28. The highest BCUT2D eigenvalue weighted by atomic mass is 19.1. The van der Waals surface area contributed by atoms with Crippen LogP contribution in [0, 0.1) is 11.7 Å². The minimum absolute atomic E-state index is 0.114. The van der Waals surface area contributed by atoms with E-state index in [1.807, 2.05) is 30.3 Å². The van der Waals surface area contributed by atoms with Crippen molar-refractivity contribution in [1.82, 2.24) is 0 Å². The van der Waals surface area contributed by atoms with Crippen LogP contribution in [-0.2, 0) is 9.59 Å². The van der Waals surface area contributed by atoms with Crippen molar-refractivity contribution in [1.29, 1.82) is 0 Å². The van der Waals surface area contributed by atoms with Gasteiger partial charge in [-0.3, -0.25) is 9.59 Å². The summed E-state index contributed by atoms with van der Waals surface area (Å²) in [5.41, 5.74) is 1.08. The molecule has 0 bridgehead atoms. The van der Waals surface area contributed by atoms with Crippen molar-refractivity contribution in [2.24, 2.45) is 5.92 Å². The van der Waals surface area contributed by atoms with Gasteiger partial charge in [-0.2, -0.15) is 0 Å². The number of ether oxygens (including phenoxy) is 1. The summed E-state index contributed by atoms with van der Waals surface area (Å²) in [6.45, 7) is 0.277. The van der Waals surface area contributed by atoms with Crippen LogP contribution in [-0.4, -0.2) is 18.4 Å². The van der Waals surface area contributed by atoms with Crippen molar-refractivity contribution in [3.05, 3.63) is 84.7 Å². The molecule has 0 saturated carbocycles. The first kappa shape index (κ1) is 18.7. The summed E-state index contributed by atoms with van der Waals surface area (Å²) in [7, 11) is 0. The second kappa shape index (κ2) is 8.14. The Morgan fingerprint density at radius 2 is 1.69 bits per heavy atom. The zero-order chi connectivity index (χ0) is 20.2. The van der Waals surface area contributed by atoms with Gasteiger partial charge in [0.05, 0.1) is 5.92 Å². The third-order valence-corrected chi connectivity index (χ3v) is 4.72. The SMILES string of the molecule is O=C(Nc1cccc(F)c1)C1CC(=O)N(c2ccc(Oc3ccccc3)cc2)C1. The number of benzene rings is 3. The molecule has 29 heavy (non-hydrogen) atoms. The number of rotatable bonds is 5. The Morgan fingerprint density at radius 1 is 0.966 bits per heavy atom. The molecule has 0 aromatic heterocycles. The van der Waals surface area contributed by atoms with E-state index in [0.717, 1.165) is 5.75 Å². The van der Waals surface area contributed by atoms with E-state index >= 15 is 0 Å². The van der Waals surface area contributed by atoms with Gasteiger partial charge in [-0.15, -0.1) is 0 Å². The molecule has 146 valence electrons. The number of hydrogen-bond acceptors (Lipinski definition) is 3. The summed E-state index contributed by atoms with van der Waals surface area (Å²) in [4.78, 5) is 26.5. The number of nitrogens with one attached hydrogen (secondary N) is 1. The number of carbonyl (C=O) groups excluding carboxylic acids is 2. The Hall–Kier alpha value is -3.67. The Labute approximate surface area is 167 Å². The summed E-state index contributed by atoms with van der Waals surface area (Å²) in [5.74, 6) is 0.0472. The van der Waals surface area contributed by atoms with E-state index in [1.54, 1.807) is 35.2 Å². The highest BCUT2D eigenvalue weighted by molar-refractivity contribution is 6.03. The number of nitrogens with zero attached hydrogens (tertiary/aromatic N) is 1. The fourth-order valence-electron chi connectivity index (χ4n) is 3.26. The van der Waals surface area contributed by atoms with E-state index in [2.05, 4.69) is 5.32 Å². The predicted octanol–water partition coefficient (Wildman–Crippen LogP) is 4.61. The highest BCUT2D eigenvalue weighted by Gasteiger charge is 2.35. The largest absolute Gasteiger partial charge is 0.457 e. The smallest absolute Gasteiger partial charge is 0.229 e. The van der Waals surface area contributed by atoms with Gasteiger partial charge in [0.2, 0.25) is 11.8 Å². The predicted molar refractivity (Wildman–Crippen MR) is 108 cm³/mol. The van der Waals surface area contributed by atoms with Gasteiger partial charge >= 0.3 is 0 Å². The fourth-order valence-corrected chi connectivity index (χ4v) is 3.26. The van der Waals surface area contributed by atoms with Gasteiger partial charge in [0.15, 0.2) is 0 Å². The highest BCUT2D eigenvalue weighted by Crippen LogP contribution is 2.29. The van der Waals surface area contributed by atoms with Gasteiger partial charge in [0.25, 0.3) is 0 Å². The maximum atomic E-state index is 13.3. The van der Waals surface area contributed by atoms with Gasteiger partial charge in [0.1, 0.15) is 17.3 Å². The summed E-state index contributed by atoms with van der Waals surface area (Å²) < 4.78 is 19.0. The molecule has 1 N–H and O–H groups in total. The van der Waals surface area contributed by atoms with E-state index < -0.39 is 11.7 Å². The first-order chi connectivity index (χ1) is 14.1. The third kappa shape index (κ3) is 4.43. The second-order valence-electron chi connectivity index (χ2n) is 6.81. The van der Waals surface area contributed by atoms with Crippen LogP contribution in [0.1, 0.15) is 6.42 Å². The maximum Gasteiger partial charge on any atom is 0.229 e. The molecule has 0 aliphatic carbocycles. The molecule has 3 aromatic rings. The molecule has 1 aliphatic rings. The number of halogens is 1. The van der Waals surface area contributed by atoms with E-state index in [0.29, 0.717) is 17.1 Å². The van der Waals surface area contributed by atoms with E-state index in [9.17, 15) is 14.0 Å². The summed E-state index contributed by atoms with van der Waals surface area (Å²) in [6, 6.07) is 22.3. The monoisotopic (exact) mass is 390 g/mol. The maximum absolute atomic E-state index is 13.3. The van der Waals surface area contributed by atoms with Gasteiger partial charge in [0, 0.05) is 24.3 Å². The zero-order valence-electron chi connectivity index (χ0n) is 15.5. The molecule has 1 unspecified atom stereocenters. The van der Waals surface area contributed by atoms with Gasteiger partial charge in [-0.25, -0.2) is 4.39 Å². The molecule has 2 amide bonds. The lowest BCUT2D eigenvalue weighted by Crippen LogP contribution is -2.28. The molecular weight excluding hydrogens is 371 g/mol. The van der Waals surface area contributed by atoms with Crippen LogP contribution < -0.4 is 15.0 Å². The van der Waals surface area contributed by atoms with Crippen LogP contribution in [0.5, 0.6) is 11.5 Å². The summed E-state index contributed by atoms with van der Waals surface area (Å²) in [5, 5.41) is 2.68. The van der Waals surface area contributed by atoms with E-state index in [4.69, 9.17) is 4.74 Å². The van der Waals surface area contributed by atoms with Gasteiger partial charge in [-0.1, -0.05) is 24.3 Å². The average molecular weight is 390 g/mol. The topological polar surface area (TPSA) is 58.6 Å². The first-order valence-electron chi connectivity index (χ1n) is 9.28. The minimum Gasteiger partial charge on any atom is -0.457 e. The van der Waals surface area contributed by atoms with Crippen molar-refractivity contribution >= 4 is 23.2 Å². The van der Waals surface area contributed by atoms with Crippen LogP contribution >= 0.6 is 0 Å². The Balaban J connectivity index is 1.40. The summed E-state index contributed by atoms with van der Waals surface area (Å²) in [6.07, 6.45) is 0.114. The molecule has 1 atom stereocenters. The van der Waals surface area contributed by atoms with Crippen molar-refractivity contribution in [3.8, 4) is 11.5 Å². The number of carbonyl (C=O) groups is 2. The third-order valence-electron chi connectivity index (χ3n) is 4.72. The van der Waals surface area contributed by atoms with Crippen molar-refractivity contribution in [3.63, 3.8) is 0 Å². The quantitative estimate of drug-likeness (QED) is 0.692. The van der Waals surface area contributed by atoms with Gasteiger partial charge in [-0.05, 0) is 54.6 Å². The molecule has 1 fully saturated rings. The Kier molecular flexibility index (Phi) is 5.24. The van der Waals surface area contributed by atoms with Crippen LogP contribution in [0.2, 0.25) is 0 Å². The lowest BCUT2D eigenvalue weighted by atomic mass is 10.1. The minimum atomic E-state index is -0.494. The summed E-state index contributed by atoms with van der Waals surface area (Å²) >= 11 is 0. The Bertz CT molecular complexity index is 1020. The molecule has 6 heteroatoms. The van der Waals surface area contributed by atoms with E-state index in [-0.39, 0.29) is 24.8 Å². The van der Waals surface area contributed by atoms with Gasteiger partial charge < -0.3 is 15.0 Å².